The van der Waals surface area contributed by atoms with Crippen LogP contribution in [0.2, 0.25) is 0 Å². The van der Waals surface area contributed by atoms with Gasteiger partial charge in [0.05, 0.1) is 0 Å². The van der Waals surface area contributed by atoms with Gasteiger partial charge < -0.3 is 0 Å². The maximum Gasteiger partial charge on any atom is 0.121 e. The van der Waals surface area contributed by atoms with Crippen LogP contribution in [0, 0.1) is 24.2 Å². The van der Waals surface area contributed by atoms with E-state index in [1.165, 1.54) is 16.7 Å². The molecule has 0 unspecified atom stereocenters. The van der Waals surface area contributed by atoms with E-state index in [0.717, 1.165) is 6.42 Å². The molecule has 0 amide bonds. The average molecular weight is 328 g/mol. The van der Waals surface area contributed by atoms with E-state index in [-0.39, 0.29) is 16.5 Å². The van der Waals surface area contributed by atoms with Gasteiger partial charge in [-0.2, -0.15) is 10.2 Å². The molecule has 126 valence electrons. The highest BCUT2D eigenvalue weighted by Crippen LogP contribution is 2.76. The van der Waals surface area contributed by atoms with Crippen molar-refractivity contribution in [3.05, 3.63) is 83.4 Å². The Morgan fingerprint density at radius 2 is 1.48 bits per heavy atom. The Balaban J connectivity index is 1.79. The third-order valence-corrected chi connectivity index (χ3v) is 7.16. The molecule has 1 aliphatic heterocycles. The van der Waals surface area contributed by atoms with Crippen LogP contribution < -0.4 is 0 Å². The molecule has 0 N–H and O–H groups in total. The van der Waals surface area contributed by atoms with Gasteiger partial charge in [-0.1, -0.05) is 86.2 Å². The van der Waals surface area contributed by atoms with Gasteiger partial charge in [-0.05, 0) is 24.5 Å². The summed E-state index contributed by atoms with van der Waals surface area (Å²) in [5.41, 5.74) is 3.33. The standard InChI is InChI=1S/C23H24N2/c1-16-12-14-18(15-13-16)23-20-11-7-10-19(20)22(24-25-23,21(23,2)3)17-8-5-4-6-9-17/h4-10,12-15,19-20H,11H2,1-3H3/t19-,20+,22-,23+/m1/s1. The van der Waals surface area contributed by atoms with Gasteiger partial charge in [-0.15, -0.1) is 0 Å². The summed E-state index contributed by atoms with van der Waals surface area (Å²) in [5, 5.41) is 10.1. The molecule has 2 heteroatoms. The summed E-state index contributed by atoms with van der Waals surface area (Å²) in [6, 6.07) is 19.8. The zero-order valence-corrected chi connectivity index (χ0v) is 15.1. The van der Waals surface area contributed by atoms with Gasteiger partial charge in [-0.3, -0.25) is 0 Å². The molecule has 0 saturated heterocycles. The van der Waals surface area contributed by atoms with Crippen molar-refractivity contribution in [1.82, 2.24) is 0 Å². The van der Waals surface area contributed by atoms with Crippen molar-refractivity contribution < 1.29 is 0 Å². The highest BCUT2D eigenvalue weighted by Gasteiger charge is 2.77. The fourth-order valence-electron chi connectivity index (χ4n) is 5.98. The lowest BCUT2D eigenvalue weighted by Crippen LogP contribution is -2.44. The van der Waals surface area contributed by atoms with Gasteiger partial charge in [0.2, 0.25) is 0 Å². The van der Waals surface area contributed by atoms with E-state index in [1.807, 2.05) is 0 Å². The molecule has 2 aliphatic carbocycles. The summed E-state index contributed by atoms with van der Waals surface area (Å²) in [4.78, 5) is 0. The minimum atomic E-state index is -0.267. The lowest BCUT2D eigenvalue weighted by Gasteiger charge is -2.41. The normalized spacial score (nSPS) is 36.8. The van der Waals surface area contributed by atoms with Crippen molar-refractivity contribution in [1.29, 1.82) is 0 Å². The van der Waals surface area contributed by atoms with Gasteiger partial charge in [-0.25, -0.2) is 0 Å². The van der Waals surface area contributed by atoms with E-state index in [1.54, 1.807) is 0 Å². The molecular formula is C23H24N2. The summed E-state index contributed by atoms with van der Waals surface area (Å²) in [6.45, 7) is 6.91. The molecule has 0 spiro atoms. The molecule has 4 atom stereocenters. The Kier molecular flexibility index (Phi) is 2.83. The SMILES string of the molecule is Cc1ccc([C@]23N=N[C@](c4ccccc4)([C@@H]4C=CC[C@@H]42)C3(C)C)cc1. The number of benzene rings is 2. The minimum absolute atomic E-state index is 0.0727. The molecule has 2 bridgehead atoms. The second-order valence-electron chi connectivity index (χ2n) is 8.39. The van der Waals surface area contributed by atoms with Crippen LogP contribution in [0.1, 0.15) is 37.0 Å². The number of hydrogen-bond acceptors (Lipinski definition) is 2. The largest absolute Gasteiger partial charge is 0.181 e. The zero-order valence-electron chi connectivity index (χ0n) is 15.1. The highest BCUT2D eigenvalue weighted by molar-refractivity contribution is 5.47. The van der Waals surface area contributed by atoms with Crippen molar-refractivity contribution >= 4 is 0 Å². The first-order chi connectivity index (χ1) is 12.0. The van der Waals surface area contributed by atoms with Crippen molar-refractivity contribution in [2.45, 2.75) is 38.3 Å². The predicted molar refractivity (Wildman–Crippen MR) is 100 cm³/mol. The van der Waals surface area contributed by atoms with Gasteiger partial charge in [0.1, 0.15) is 11.1 Å². The Morgan fingerprint density at radius 1 is 0.840 bits per heavy atom. The summed E-state index contributed by atoms with van der Waals surface area (Å²) < 4.78 is 0. The van der Waals surface area contributed by atoms with Gasteiger partial charge in [0.15, 0.2) is 0 Å². The van der Waals surface area contributed by atoms with E-state index in [2.05, 4.69) is 87.5 Å². The average Bonchev–Trinajstić information content (AvgIpc) is 3.24. The van der Waals surface area contributed by atoms with Gasteiger partial charge in [0, 0.05) is 17.3 Å². The van der Waals surface area contributed by atoms with Gasteiger partial charge in [0.25, 0.3) is 0 Å². The number of aryl methyl sites for hydroxylation is 1. The van der Waals surface area contributed by atoms with E-state index < -0.39 is 0 Å². The molecule has 25 heavy (non-hydrogen) atoms. The summed E-state index contributed by atoms with van der Waals surface area (Å²) in [6.07, 6.45) is 5.85. The Hall–Kier alpha value is -2.22. The highest BCUT2D eigenvalue weighted by atomic mass is 15.3. The number of hydrogen-bond donors (Lipinski definition) is 0. The minimum Gasteiger partial charge on any atom is -0.181 e. The Labute approximate surface area is 149 Å². The monoisotopic (exact) mass is 328 g/mol. The van der Waals surface area contributed by atoms with Crippen LogP contribution in [-0.2, 0) is 11.1 Å². The fraction of sp³-hybridized carbons (Fsp3) is 0.391. The molecule has 3 aliphatic rings. The van der Waals surface area contributed by atoms with E-state index in [0.29, 0.717) is 11.8 Å². The number of fused-ring (bicyclic) bond motifs is 5. The van der Waals surface area contributed by atoms with Crippen LogP contribution in [0.4, 0.5) is 0 Å². The molecule has 1 fully saturated rings. The topological polar surface area (TPSA) is 24.7 Å². The number of azo groups is 1. The Bertz CT molecular complexity index is 878. The van der Waals surface area contributed by atoms with E-state index in [4.69, 9.17) is 10.2 Å². The lowest BCUT2D eigenvalue weighted by atomic mass is 9.61. The molecule has 1 heterocycles. The van der Waals surface area contributed by atoms with Gasteiger partial charge >= 0.3 is 0 Å². The first-order valence-electron chi connectivity index (χ1n) is 9.27. The van der Waals surface area contributed by atoms with E-state index >= 15 is 0 Å². The molecule has 2 aromatic carbocycles. The van der Waals surface area contributed by atoms with Crippen molar-refractivity contribution in [3.8, 4) is 0 Å². The first kappa shape index (κ1) is 15.1. The zero-order chi connectivity index (χ0) is 17.3. The summed E-state index contributed by atoms with van der Waals surface area (Å²) >= 11 is 0. The molecule has 0 radical (unpaired) electrons. The number of rotatable bonds is 2. The second-order valence-corrected chi connectivity index (χ2v) is 8.39. The maximum atomic E-state index is 5.06. The van der Waals surface area contributed by atoms with Crippen LogP contribution in [0.25, 0.3) is 0 Å². The molecular weight excluding hydrogens is 304 g/mol. The second kappa shape index (κ2) is 4.69. The summed E-state index contributed by atoms with van der Waals surface area (Å²) in [7, 11) is 0. The maximum absolute atomic E-state index is 5.06. The van der Waals surface area contributed by atoms with Crippen LogP contribution >= 0.6 is 0 Å². The quantitative estimate of drug-likeness (QED) is 0.624. The molecule has 2 nitrogen and oxygen atoms in total. The molecule has 5 rings (SSSR count). The van der Waals surface area contributed by atoms with Crippen molar-refractivity contribution in [2.75, 3.05) is 0 Å². The third-order valence-electron chi connectivity index (χ3n) is 7.16. The van der Waals surface area contributed by atoms with Crippen LogP contribution in [0.3, 0.4) is 0 Å². The van der Waals surface area contributed by atoms with Crippen LogP contribution in [-0.4, -0.2) is 0 Å². The molecule has 0 aromatic heterocycles. The lowest BCUT2D eigenvalue weighted by molar-refractivity contribution is 0.150. The van der Waals surface area contributed by atoms with Crippen LogP contribution in [0.5, 0.6) is 0 Å². The number of allylic oxidation sites excluding steroid dienone is 1. The van der Waals surface area contributed by atoms with E-state index in [9.17, 15) is 0 Å². The van der Waals surface area contributed by atoms with Crippen LogP contribution in [0.15, 0.2) is 77.0 Å². The fourth-order valence-corrected chi connectivity index (χ4v) is 5.98. The smallest absolute Gasteiger partial charge is 0.121 e. The van der Waals surface area contributed by atoms with Crippen molar-refractivity contribution in [2.24, 2.45) is 27.5 Å². The predicted octanol–water partition coefficient (Wildman–Crippen LogP) is 5.78. The first-order valence-corrected chi connectivity index (χ1v) is 9.27. The van der Waals surface area contributed by atoms with Crippen molar-refractivity contribution in [3.63, 3.8) is 0 Å². The molecule has 2 aromatic rings. The summed E-state index contributed by atoms with van der Waals surface area (Å²) in [5.74, 6) is 0.909. The molecule has 1 saturated carbocycles. The number of nitrogens with zero attached hydrogens (tertiary/aromatic N) is 2. The third kappa shape index (κ3) is 1.52. The Morgan fingerprint density at radius 3 is 2.20 bits per heavy atom.